The molecule has 1 aromatic heterocycles. The van der Waals surface area contributed by atoms with Gasteiger partial charge in [-0.1, -0.05) is 47.5 Å². The largest absolute Gasteiger partial charge is 0.493 e. The van der Waals surface area contributed by atoms with E-state index in [1.54, 1.807) is 85.1 Å². The molecule has 4 heterocycles. The second-order valence-corrected chi connectivity index (χ2v) is 13.1. The van der Waals surface area contributed by atoms with Gasteiger partial charge in [0.15, 0.2) is 23.9 Å². The van der Waals surface area contributed by atoms with Crippen molar-refractivity contribution in [2.75, 3.05) is 44.5 Å². The molecule has 0 aliphatic carbocycles. The monoisotopic (exact) mass is 705 g/mol. The normalized spacial score (nSPS) is 18.7. The van der Waals surface area contributed by atoms with E-state index in [4.69, 9.17) is 47.9 Å². The van der Waals surface area contributed by atoms with Crippen LogP contribution in [0.1, 0.15) is 46.0 Å². The summed E-state index contributed by atoms with van der Waals surface area (Å²) in [5.41, 5.74) is 9.67. The Morgan fingerprint density at radius 1 is 0.959 bits per heavy atom. The van der Waals surface area contributed by atoms with Gasteiger partial charge in [0, 0.05) is 29.9 Å². The first-order chi connectivity index (χ1) is 23.7. The van der Waals surface area contributed by atoms with Gasteiger partial charge in [-0.2, -0.15) is 0 Å². The third-order valence-electron chi connectivity index (χ3n) is 9.20. The molecule has 3 aliphatic rings. The fourth-order valence-electron chi connectivity index (χ4n) is 6.45. The predicted molar refractivity (Wildman–Crippen MR) is 187 cm³/mol. The molecule has 3 N–H and O–H groups in total. The number of piperidine rings is 3. The van der Waals surface area contributed by atoms with Crippen molar-refractivity contribution in [1.82, 2.24) is 4.90 Å². The van der Waals surface area contributed by atoms with Crippen LogP contribution in [0.25, 0.3) is 0 Å². The zero-order chi connectivity index (χ0) is 34.5. The number of anilines is 2. The van der Waals surface area contributed by atoms with Gasteiger partial charge in [0.1, 0.15) is 22.3 Å². The molecule has 4 aromatic rings. The molecule has 10 nitrogen and oxygen atoms in total. The zero-order valence-corrected chi connectivity index (χ0v) is 28.9. The van der Waals surface area contributed by atoms with Crippen molar-refractivity contribution in [3.63, 3.8) is 0 Å². The molecule has 3 aromatic carbocycles. The summed E-state index contributed by atoms with van der Waals surface area (Å²) in [4.78, 5) is 34.1. The number of esters is 1. The summed E-state index contributed by atoms with van der Waals surface area (Å²) >= 11 is 13.0. The number of hydrogen-bond acceptors (Lipinski definition) is 8. The number of aromatic nitrogens is 1. The number of nitrogens with zero attached hydrogens (tertiary/aromatic N) is 2. The number of halogens is 2. The maximum Gasteiger partial charge on any atom is 0.414 e. The minimum absolute atomic E-state index is 0.145. The van der Waals surface area contributed by atoms with Crippen molar-refractivity contribution in [2.45, 2.75) is 38.0 Å². The van der Waals surface area contributed by atoms with Crippen LogP contribution in [0.5, 0.6) is 11.5 Å². The Balaban J connectivity index is 1.21. The summed E-state index contributed by atoms with van der Waals surface area (Å²) < 4.78 is 23.1. The molecule has 3 aliphatic heterocycles. The van der Waals surface area contributed by atoms with E-state index in [1.165, 1.54) is 7.11 Å². The van der Waals surface area contributed by atoms with E-state index < -0.39 is 18.2 Å². The van der Waals surface area contributed by atoms with Gasteiger partial charge in [-0.05, 0) is 85.4 Å². The van der Waals surface area contributed by atoms with Crippen molar-refractivity contribution >= 4 is 46.6 Å². The number of pyridine rings is 1. The Labute approximate surface area is 295 Å². The summed E-state index contributed by atoms with van der Waals surface area (Å²) in [6, 6.07) is 19.4. The summed E-state index contributed by atoms with van der Waals surface area (Å²) in [7, 11) is 3.09. The van der Waals surface area contributed by atoms with Gasteiger partial charge >= 0.3 is 12.1 Å². The molecule has 7 rings (SSSR count). The molecular weight excluding hydrogens is 667 g/mol. The van der Waals surface area contributed by atoms with Gasteiger partial charge in [0.25, 0.3) is 0 Å². The second kappa shape index (κ2) is 15.4. The predicted octanol–water partition coefficient (Wildman–Crippen LogP) is 6.79. The number of carbonyl (C=O) groups is 2. The quantitative estimate of drug-likeness (QED) is 0.134. The molecule has 0 saturated carbocycles. The maximum atomic E-state index is 13.7. The number of fused-ring (bicyclic) bond motifs is 3. The standard InChI is InChI=1S/C37H38Cl2N4O6/c1-46-32-11-10-26(16-34(32)47-2)33(18-29-30(38)19-41-20-31(29)39)48-36(44)25-8-6-23(7-9-25)21-43(28-5-3-4-27(40)17-28)37(45)49-35-22-42-14-12-24(35)13-15-42/h3-11,16-17,19-20,24,33,35H,12-15,18,21-22,40H2,1-2H3/p+1/t33-,35-/m0/s1. The number of nitrogens with two attached hydrogens (primary N) is 1. The van der Waals surface area contributed by atoms with Gasteiger partial charge in [-0.25, -0.2) is 14.6 Å². The molecule has 0 radical (unpaired) electrons. The van der Waals surface area contributed by atoms with Gasteiger partial charge < -0.3 is 24.7 Å². The van der Waals surface area contributed by atoms with E-state index in [0.717, 1.165) is 38.0 Å². The Morgan fingerprint density at radius 2 is 1.67 bits per heavy atom. The highest BCUT2D eigenvalue weighted by Crippen LogP contribution is 2.36. The Hall–Kier alpha value is -4.51. The van der Waals surface area contributed by atoms with Crippen LogP contribution in [0.2, 0.25) is 10.0 Å². The number of amides is 1. The fourth-order valence-corrected chi connectivity index (χ4v) is 6.99. The van der Waals surface area contributed by atoms with E-state index in [2.05, 4.69) is 9.88 Å². The van der Waals surface area contributed by atoms with Crippen LogP contribution in [0.3, 0.4) is 0 Å². The number of carbonyl (C=O) groups excluding carboxylic acids is 2. The Morgan fingerprint density at radius 3 is 2.31 bits per heavy atom. The average Bonchev–Trinajstić information content (AvgIpc) is 3.12. The molecule has 12 heteroatoms. The van der Waals surface area contributed by atoms with Crippen molar-refractivity contribution < 1.29 is 33.5 Å². The lowest BCUT2D eigenvalue weighted by atomic mass is 9.86. The molecule has 0 unspecified atom stereocenters. The smallest absolute Gasteiger partial charge is 0.414 e. The maximum absolute atomic E-state index is 13.7. The summed E-state index contributed by atoms with van der Waals surface area (Å²) in [6.07, 6.45) is 4.18. The highest BCUT2D eigenvalue weighted by molar-refractivity contribution is 6.35. The molecule has 49 heavy (non-hydrogen) atoms. The van der Waals surface area contributed by atoms with E-state index in [0.29, 0.717) is 55.5 Å². The summed E-state index contributed by atoms with van der Waals surface area (Å²) in [5, 5.41) is 0.824. The minimum atomic E-state index is -0.760. The number of nitrogen functional groups attached to an aromatic ring is 1. The molecular formula is C37H39Cl2N4O6+. The van der Waals surface area contributed by atoms with Crippen LogP contribution in [-0.4, -0.2) is 56.9 Å². The molecule has 1 amide bonds. The number of aromatic amines is 1. The Kier molecular flexibility index (Phi) is 10.8. The van der Waals surface area contributed by atoms with Crippen LogP contribution < -0.4 is 25.1 Å². The van der Waals surface area contributed by atoms with Crippen LogP contribution >= 0.6 is 23.2 Å². The topological polar surface area (TPSA) is 118 Å². The lowest BCUT2D eigenvalue weighted by Gasteiger charge is -2.44. The van der Waals surface area contributed by atoms with Crippen molar-refractivity contribution in [3.05, 3.63) is 111 Å². The van der Waals surface area contributed by atoms with Crippen LogP contribution in [-0.2, 0) is 22.4 Å². The van der Waals surface area contributed by atoms with E-state index >= 15 is 0 Å². The van der Waals surface area contributed by atoms with Gasteiger partial charge in [-0.15, -0.1) is 0 Å². The summed E-state index contributed by atoms with van der Waals surface area (Å²) in [6.45, 7) is 3.07. The third kappa shape index (κ3) is 8.04. The zero-order valence-electron chi connectivity index (χ0n) is 27.4. The average molecular weight is 707 g/mol. The molecule has 2 atom stereocenters. The van der Waals surface area contributed by atoms with Crippen LogP contribution in [0, 0.1) is 5.92 Å². The van der Waals surface area contributed by atoms with E-state index in [1.807, 2.05) is 6.07 Å². The van der Waals surface area contributed by atoms with Crippen LogP contribution in [0.4, 0.5) is 16.2 Å². The number of rotatable bonds is 11. The van der Waals surface area contributed by atoms with E-state index in [-0.39, 0.29) is 19.1 Å². The first-order valence-electron chi connectivity index (χ1n) is 16.1. The van der Waals surface area contributed by atoms with E-state index in [9.17, 15) is 9.59 Å². The summed E-state index contributed by atoms with van der Waals surface area (Å²) in [5.74, 6) is 0.852. The van der Waals surface area contributed by atoms with Crippen LogP contribution in [0.15, 0.2) is 79.1 Å². The fraction of sp³-hybridized carbons (Fsp3) is 0.324. The minimum Gasteiger partial charge on any atom is -0.493 e. The van der Waals surface area contributed by atoms with Gasteiger partial charge in [0.05, 0.1) is 26.3 Å². The number of ether oxygens (including phenoxy) is 4. The molecule has 0 spiro atoms. The Bertz CT molecular complexity index is 1780. The lowest BCUT2D eigenvalue weighted by Crippen LogP contribution is -2.53. The third-order valence-corrected chi connectivity index (χ3v) is 9.87. The highest BCUT2D eigenvalue weighted by atomic mass is 35.5. The first kappa shape index (κ1) is 34.4. The molecule has 256 valence electrons. The lowest BCUT2D eigenvalue weighted by molar-refractivity contribution is -0.377. The number of benzene rings is 3. The van der Waals surface area contributed by atoms with Crippen molar-refractivity contribution in [1.29, 1.82) is 0 Å². The molecule has 2 bridgehead atoms. The molecule has 3 saturated heterocycles. The van der Waals surface area contributed by atoms with Gasteiger partial charge in [0.2, 0.25) is 0 Å². The highest BCUT2D eigenvalue weighted by Gasteiger charge is 2.37. The SMILES string of the molecule is COc1ccc([C@H](Cc2c(Cl)c[nH+]cc2Cl)OC(=O)c2ccc(CN(C(=O)O[C@H]3CN4CCC3CC4)c3cccc(N)c3)cc2)cc1OC. The molecule has 3 fully saturated rings. The van der Waals surface area contributed by atoms with Gasteiger partial charge in [-0.3, -0.25) is 9.80 Å². The number of H-pyrrole nitrogens is 1. The number of methoxy groups -OCH3 is 2. The number of hydrogen-bond donors (Lipinski definition) is 1. The van der Waals surface area contributed by atoms with Crippen molar-refractivity contribution in [3.8, 4) is 11.5 Å². The number of nitrogens with one attached hydrogen (secondary N) is 1. The first-order valence-corrected chi connectivity index (χ1v) is 16.9. The van der Waals surface area contributed by atoms with Crippen molar-refractivity contribution in [2.24, 2.45) is 5.92 Å². The second-order valence-electron chi connectivity index (χ2n) is 12.3.